The van der Waals surface area contributed by atoms with Gasteiger partial charge in [0, 0.05) is 18.6 Å². The van der Waals surface area contributed by atoms with Gasteiger partial charge in [-0.15, -0.1) is 11.3 Å². The molecule has 1 atom stereocenters. The molecule has 3 heterocycles. The van der Waals surface area contributed by atoms with Gasteiger partial charge < -0.3 is 0 Å². The summed E-state index contributed by atoms with van der Waals surface area (Å²) in [5, 5.41) is 2.04. The van der Waals surface area contributed by atoms with Crippen molar-refractivity contribution in [1.29, 1.82) is 0 Å². The van der Waals surface area contributed by atoms with E-state index >= 15 is 0 Å². The topological polar surface area (TPSA) is 63.8 Å². The summed E-state index contributed by atoms with van der Waals surface area (Å²) in [6.45, 7) is 2.02. The van der Waals surface area contributed by atoms with E-state index in [4.69, 9.17) is 5.84 Å². The number of rotatable bonds is 3. The fraction of sp³-hybridized carbons (Fsp3) is 0.143. The van der Waals surface area contributed by atoms with Crippen molar-refractivity contribution in [2.45, 2.75) is 13.0 Å². The summed E-state index contributed by atoms with van der Waals surface area (Å²) >= 11 is 1.68. The van der Waals surface area contributed by atoms with E-state index in [1.165, 1.54) is 4.70 Å². The summed E-state index contributed by atoms with van der Waals surface area (Å²) in [6.07, 6.45) is 5.52. The van der Waals surface area contributed by atoms with Gasteiger partial charge in [-0.3, -0.25) is 15.8 Å². The zero-order chi connectivity index (χ0) is 13.2. The van der Waals surface area contributed by atoms with E-state index in [1.54, 1.807) is 11.3 Å². The molecule has 0 fully saturated rings. The highest BCUT2D eigenvalue weighted by atomic mass is 32.1. The van der Waals surface area contributed by atoms with E-state index in [2.05, 4.69) is 27.5 Å². The summed E-state index contributed by atoms with van der Waals surface area (Å²) in [4.78, 5) is 8.67. The lowest BCUT2D eigenvalue weighted by atomic mass is 10.0. The SMILES string of the molecule is Cc1cncc(C(NN)c2cnc3ccsc3c2)c1. The van der Waals surface area contributed by atoms with Crippen LogP contribution in [0.25, 0.3) is 10.2 Å². The van der Waals surface area contributed by atoms with Crippen molar-refractivity contribution in [2.75, 3.05) is 0 Å². The first-order chi connectivity index (χ1) is 9.28. The molecule has 0 radical (unpaired) electrons. The minimum Gasteiger partial charge on any atom is -0.271 e. The fourth-order valence-electron chi connectivity index (χ4n) is 2.14. The number of aryl methyl sites for hydroxylation is 1. The van der Waals surface area contributed by atoms with Crippen molar-refractivity contribution in [3.05, 3.63) is 58.9 Å². The molecule has 0 aliphatic rings. The Morgan fingerprint density at radius 3 is 2.84 bits per heavy atom. The Balaban J connectivity index is 2.06. The summed E-state index contributed by atoms with van der Waals surface area (Å²) in [7, 11) is 0. The molecular weight excluding hydrogens is 256 g/mol. The molecule has 0 aromatic carbocycles. The summed E-state index contributed by atoms with van der Waals surface area (Å²) in [6, 6.07) is 6.13. The Morgan fingerprint density at radius 2 is 2.05 bits per heavy atom. The van der Waals surface area contributed by atoms with Crippen LogP contribution in [0.5, 0.6) is 0 Å². The minimum absolute atomic E-state index is 0.0913. The highest BCUT2D eigenvalue weighted by Crippen LogP contribution is 2.26. The number of aromatic nitrogens is 2. The molecule has 0 aliphatic carbocycles. The molecule has 19 heavy (non-hydrogen) atoms. The predicted molar refractivity (Wildman–Crippen MR) is 77.8 cm³/mol. The van der Waals surface area contributed by atoms with Crippen LogP contribution >= 0.6 is 11.3 Å². The van der Waals surface area contributed by atoms with Crippen LogP contribution in [-0.4, -0.2) is 9.97 Å². The average molecular weight is 270 g/mol. The second kappa shape index (κ2) is 5.05. The molecule has 0 saturated heterocycles. The third kappa shape index (κ3) is 2.35. The lowest BCUT2D eigenvalue weighted by Gasteiger charge is -2.16. The molecule has 3 aromatic rings. The van der Waals surface area contributed by atoms with E-state index < -0.39 is 0 Å². The Bertz CT molecular complexity index is 707. The second-order valence-corrected chi connectivity index (χ2v) is 5.42. The smallest absolute Gasteiger partial charge is 0.0809 e. The minimum atomic E-state index is -0.0913. The first-order valence-electron chi connectivity index (χ1n) is 5.99. The van der Waals surface area contributed by atoms with Crippen molar-refractivity contribution in [3.8, 4) is 0 Å². The zero-order valence-corrected chi connectivity index (χ0v) is 11.3. The molecule has 3 N–H and O–H groups in total. The number of fused-ring (bicyclic) bond motifs is 1. The van der Waals surface area contributed by atoms with E-state index in [0.717, 1.165) is 22.2 Å². The van der Waals surface area contributed by atoms with Gasteiger partial charge in [0.2, 0.25) is 0 Å². The van der Waals surface area contributed by atoms with Gasteiger partial charge in [-0.05, 0) is 41.1 Å². The quantitative estimate of drug-likeness (QED) is 0.567. The molecule has 5 heteroatoms. The van der Waals surface area contributed by atoms with E-state index in [1.807, 2.05) is 37.0 Å². The Morgan fingerprint density at radius 1 is 1.21 bits per heavy atom. The van der Waals surface area contributed by atoms with E-state index in [0.29, 0.717) is 0 Å². The maximum Gasteiger partial charge on any atom is 0.0809 e. The maximum absolute atomic E-state index is 5.70. The molecule has 0 aliphatic heterocycles. The molecule has 3 rings (SSSR count). The molecule has 3 aromatic heterocycles. The number of hydrogen-bond acceptors (Lipinski definition) is 5. The van der Waals surface area contributed by atoms with Crippen LogP contribution in [-0.2, 0) is 0 Å². The summed E-state index contributed by atoms with van der Waals surface area (Å²) in [5.74, 6) is 5.70. The Hall–Kier alpha value is -1.82. The van der Waals surface area contributed by atoms with Crippen molar-refractivity contribution in [1.82, 2.24) is 15.4 Å². The largest absolute Gasteiger partial charge is 0.271 e. The van der Waals surface area contributed by atoms with Crippen LogP contribution in [0.1, 0.15) is 22.7 Å². The number of nitrogens with two attached hydrogens (primary N) is 1. The van der Waals surface area contributed by atoms with Crippen molar-refractivity contribution in [3.63, 3.8) is 0 Å². The lowest BCUT2D eigenvalue weighted by Crippen LogP contribution is -2.29. The highest BCUT2D eigenvalue weighted by Gasteiger charge is 2.14. The van der Waals surface area contributed by atoms with Crippen molar-refractivity contribution < 1.29 is 0 Å². The fourth-order valence-corrected chi connectivity index (χ4v) is 2.93. The van der Waals surface area contributed by atoms with Gasteiger partial charge in [-0.2, -0.15) is 0 Å². The van der Waals surface area contributed by atoms with Gasteiger partial charge in [0.25, 0.3) is 0 Å². The van der Waals surface area contributed by atoms with Crippen molar-refractivity contribution >= 4 is 21.6 Å². The molecule has 1 unspecified atom stereocenters. The third-order valence-corrected chi connectivity index (χ3v) is 3.91. The molecule has 0 amide bonds. The van der Waals surface area contributed by atoms with Crippen LogP contribution in [0.15, 0.2) is 42.2 Å². The van der Waals surface area contributed by atoms with Crippen molar-refractivity contribution in [2.24, 2.45) is 5.84 Å². The van der Waals surface area contributed by atoms with Crippen LogP contribution in [0.2, 0.25) is 0 Å². The summed E-state index contributed by atoms with van der Waals surface area (Å²) in [5.41, 5.74) is 7.07. The predicted octanol–water partition coefficient (Wildman–Crippen LogP) is 2.55. The second-order valence-electron chi connectivity index (χ2n) is 4.47. The first-order valence-corrected chi connectivity index (χ1v) is 6.87. The normalized spacial score (nSPS) is 12.7. The van der Waals surface area contributed by atoms with Gasteiger partial charge >= 0.3 is 0 Å². The van der Waals surface area contributed by atoms with E-state index in [-0.39, 0.29) is 6.04 Å². The van der Waals surface area contributed by atoms with E-state index in [9.17, 15) is 0 Å². The molecule has 0 saturated carbocycles. The lowest BCUT2D eigenvalue weighted by molar-refractivity contribution is 0.633. The first kappa shape index (κ1) is 12.2. The highest BCUT2D eigenvalue weighted by molar-refractivity contribution is 7.17. The number of pyridine rings is 2. The number of thiophene rings is 1. The van der Waals surface area contributed by atoms with Crippen LogP contribution in [0, 0.1) is 6.92 Å². The summed E-state index contributed by atoms with van der Waals surface area (Å²) < 4.78 is 1.17. The van der Waals surface area contributed by atoms with Crippen LogP contribution < -0.4 is 11.3 Å². The number of nitrogens with one attached hydrogen (secondary N) is 1. The molecule has 0 bridgehead atoms. The maximum atomic E-state index is 5.70. The molecule has 4 nitrogen and oxygen atoms in total. The number of nitrogens with zero attached hydrogens (tertiary/aromatic N) is 2. The number of hydrogen-bond donors (Lipinski definition) is 2. The molecule has 96 valence electrons. The molecular formula is C14H14N4S. The zero-order valence-electron chi connectivity index (χ0n) is 10.5. The Kier molecular flexibility index (Phi) is 3.25. The number of hydrazine groups is 1. The van der Waals surface area contributed by atoms with Gasteiger partial charge in [0.1, 0.15) is 0 Å². The standard InChI is InChI=1S/C14H14N4S/c1-9-4-10(7-16-6-9)14(18-15)11-5-13-12(17-8-11)2-3-19-13/h2-8,14,18H,15H2,1H3. The molecule has 0 spiro atoms. The third-order valence-electron chi connectivity index (χ3n) is 3.05. The Labute approximate surface area is 115 Å². The van der Waals surface area contributed by atoms with Gasteiger partial charge in [0.05, 0.1) is 16.3 Å². The monoisotopic (exact) mass is 270 g/mol. The van der Waals surface area contributed by atoms with Gasteiger partial charge in [-0.25, -0.2) is 5.43 Å². The van der Waals surface area contributed by atoms with Crippen LogP contribution in [0.4, 0.5) is 0 Å². The van der Waals surface area contributed by atoms with Gasteiger partial charge in [0.15, 0.2) is 0 Å². The van der Waals surface area contributed by atoms with Crippen LogP contribution in [0.3, 0.4) is 0 Å². The average Bonchev–Trinajstić information content (AvgIpc) is 2.87. The van der Waals surface area contributed by atoms with Gasteiger partial charge in [-0.1, -0.05) is 6.07 Å².